The number of Topliss-reactive ketones (excluding diaryl/α,β-unsaturated/α-hetero) is 1. The van der Waals surface area contributed by atoms with E-state index in [2.05, 4.69) is 5.10 Å². The second-order valence-corrected chi connectivity index (χ2v) is 9.28. The second kappa shape index (κ2) is 8.27. The molecule has 1 heterocycles. The Labute approximate surface area is 190 Å². The van der Waals surface area contributed by atoms with Crippen molar-refractivity contribution in [3.8, 4) is 0 Å². The Balaban J connectivity index is 1.70. The average Bonchev–Trinajstić information content (AvgIpc) is 3.17. The minimum Gasteiger partial charge on any atom is -0.294 e. The smallest absolute Gasteiger partial charge is 0.294 e. The van der Waals surface area contributed by atoms with E-state index < -0.39 is 33.4 Å². The van der Waals surface area contributed by atoms with Crippen LogP contribution in [0.5, 0.6) is 0 Å². The van der Waals surface area contributed by atoms with Crippen LogP contribution in [0, 0.1) is 5.82 Å². The number of hydrogen-bond acceptors (Lipinski definition) is 4. The summed E-state index contributed by atoms with van der Waals surface area (Å²) in [5, 5.41) is 4.24. The first-order valence-corrected chi connectivity index (χ1v) is 11.2. The molecule has 1 aromatic heterocycles. The predicted octanol–water partition coefficient (Wildman–Crippen LogP) is 5.51. The molecule has 3 aromatic carbocycles. The summed E-state index contributed by atoms with van der Waals surface area (Å²) < 4.78 is 79.1. The van der Waals surface area contributed by atoms with E-state index in [9.17, 15) is 30.8 Å². The van der Waals surface area contributed by atoms with Crippen LogP contribution in [0.1, 0.15) is 21.5 Å². The van der Waals surface area contributed by atoms with Crippen molar-refractivity contribution in [2.45, 2.75) is 17.5 Å². The van der Waals surface area contributed by atoms with Crippen LogP contribution in [0.2, 0.25) is 5.02 Å². The maximum atomic E-state index is 14.0. The Morgan fingerprint density at radius 2 is 1.73 bits per heavy atom. The monoisotopic (exact) mass is 496 g/mol. The lowest BCUT2D eigenvalue weighted by molar-refractivity contribution is -0.137. The molecule has 0 bridgehead atoms. The normalized spacial score (nSPS) is 12.3. The van der Waals surface area contributed by atoms with E-state index in [-0.39, 0.29) is 27.4 Å². The summed E-state index contributed by atoms with van der Waals surface area (Å²) in [6, 6.07) is 11.4. The number of nitrogens with zero attached hydrogens (tertiary/aromatic N) is 2. The number of aromatic nitrogens is 2. The Bertz CT molecular complexity index is 1460. The molecule has 0 N–H and O–H groups in total. The van der Waals surface area contributed by atoms with Gasteiger partial charge in [0.15, 0.2) is 5.78 Å². The highest BCUT2D eigenvalue weighted by molar-refractivity contribution is 7.90. The topological polar surface area (TPSA) is 69.0 Å². The van der Waals surface area contributed by atoms with Crippen LogP contribution in [-0.2, 0) is 22.6 Å². The fraction of sp³-hybridized carbons (Fsp3) is 0.0909. The van der Waals surface area contributed by atoms with Gasteiger partial charge in [-0.1, -0.05) is 29.8 Å². The van der Waals surface area contributed by atoms with E-state index in [4.69, 9.17) is 11.6 Å². The highest BCUT2D eigenvalue weighted by Crippen LogP contribution is 2.30. The van der Waals surface area contributed by atoms with E-state index in [1.54, 1.807) is 6.07 Å². The molecule has 0 atom stereocenters. The molecule has 0 fully saturated rings. The van der Waals surface area contributed by atoms with E-state index in [0.717, 1.165) is 18.2 Å². The first kappa shape index (κ1) is 22.9. The summed E-state index contributed by atoms with van der Waals surface area (Å²) >= 11 is 5.94. The molecule has 4 rings (SSSR count). The van der Waals surface area contributed by atoms with Gasteiger partial charge in [0.2, 0.25) is 0 Å². The van der Waals surface area contributed by atoms with Crippen LogP contribution in [-0.4, -0.2) is 23.4 Å². The summed E-state index contributed by atoms with van der Waals surface area (Å²) in [4.78, 5) is 12.2. The SMILES string of the molecule is O=C(Cc1ccc2cnn(S(=O)(=O)c3ccc(C(F)(F)F)cc3)c2c1)c1c(F)cccc1Cl. The van der Waals surface area contributed by atoms with Crippen molar-refractivity contribution in [1.29, 1.82) is 0 Å². The summed E-state index contributed by atoms with van der Waals surface area (Å²) in [6.07, 6.45) is -3.60. The van der Waals surface area contributed by atoms with Crippen LogP contribution < -0.4 is 0 Å². The number of rotatable bonds is 5. The number of ketones is 1. The van der Waals surface area contributed by atoms with Gasteiger partial charge in [-0.25, -0.2) is 4.39 Å². The van der Waals surface area contributed by atoms with E-state index in [1.807, 2.05) is 0 Å². The molecular formula is C22H13ClF4N2O3S. The molecule has 0 saturated carbocycles. The van der Waals surface area contributed by atoms with Crippen LogP contribution in [0.25, 0.3) is 10.9 Å². The number of halogens is 5. The molecule has 33 heavy (non-hydrogen) atoms. The fourth-order valence-electron chi connectivity index (χ4n) is 3.30. The van der Waals surface area contributed by atoms with Gasteiger partial charge in [-0.15, -0.1) is 0 Å². The van der Waals surface area contributed by atoms with Gasteiger partial charge in [-0.05, 0) is 48.0 Å². The number of benzene rings is 3. The van der Waals surface area contributed by atoms with Crippen LogP contribution in [0.15, 0.2) is 71.8 Å². The molecule has 0 spiro atoms. The lowest BCUT2D eigenvalue weighted by atomic mass is 10.0. The molecule has 5 nitrogen and oxygen atoms in total. The minimum absolute atomic E-state index is 0.0454. The Kier molecular flexibility index (Phi) is 5.75. The minimum atomic E-state index is -4.61. The summed E-state index contributed by atoms with van der Waals surface area (Å²) in [5.74, 6) is -1.38. The van der Waals surface area contributed by atoms with Gasteiger partial charge in [0, 0.05) is 11.8 Å². The van der Waals surface area contributed by atoms with Crippen molar-refractivity contribution in [2.24, 2.45) is 0 Å². The molecule has 0 aliphatic heterocycles. The van der Waals surface area contributed by atoms with Gasteiger partial charge in [0.05, 0.1) is 32.8 Å². The average molecular weight is 497 g/mol. The molecular weight excluding hydrogens is 484 g/mol. The Morgan fingerprint density at radius 1 is 1.03 bits per heavy atom. The zero-order chi connectivity index (χ0) is 24.0. The van der Waals surface area contributed by atoms with Gasteiger partial charge in [-0.2, -0.15) is 30.8 Å². The van der Waals surface area contributed by atoms with E-state index >= 15 is 0 Å². The molecule has 0 unspecified atom stereocenters. The number of fused-ring (bicyclic) bond motifs is 1. The molecule has 4 aromatic rings. The van der Waals surface area contributed by atoms with E-state index in [1.165, 1.54) is 30.5 Å². The van der Waals surface area contributed by atoms with Crippen molar-refractivity contribution in [2.75, 3.05) is 0 Å². The lowest BCUT2D eigenvalue weighted by Crippen LogP contribution is -2.15. The van der Waals surface area contributed by atoms with Gasteiger partial charge in [0.25, 0.3) is 10.0 Å². The number of carbonyl (C=O) groups is 1. The first-order valence-electron chi connectivity index (χ1n) is 9.35. The van der Waals surface area contributed by atoms with Gasteiger partial charge < -0.3 is 0 Å². The van der Waals surface area contributed by atoms with Gasteiger partial charge in [-0.3, -0.25) is 4.79 Å². The second-order valence-electron chi connectivity index (χ2n) is 7.10. The van der Waals surface area contributed by atoms with Gasteiger partial charge in [0.1, 0.15) is 5.82 Å². The third-order valence-electron chi connectivity index (χ3n) is 4.92. The van der Waals surface area contributed by atoms with Crippen LogP contribution in [0.3, 0.4) is 0 Å². The number of alkyl halides is 3. The molecule has 11 heteroatoms. The van der Waals surface area contributed by atoms with Crippen molar-refractivity contribution in [3.05, 3.63) is 94.4 Å². The number of hydrogen-bond donors (Lipinski definition) is 0. The maximum Gasteiger partial charge on any atom is 0.416 e. The lowest BCUT2D eigenvalue weighted by Gasteiger charge is -2.10. The van der Waals surface area contributed by atoms with Crippen molar-refractivity contribution in [1.82, 2.24) is 9.19 Å². The molecule has 0 aliphatic rings. The quantitative estimate of drug-likeness (QED) is 0.270. The zero-order valence-corrected chi connectivity index (χ0v) is 18.0. The van der Waals surface area contributed by atoms with Crippen molar-refractivity contribution >= 4 is 38.3 Å². The standard InChI is InChI=1S/C22H13ClF4N2O3S/c23-17-2-1-3-18(24)21(17)20(30)11-13-4-5-14-12-28-29(19(14)10-13)33(31,32)16-8-6-15(7-9-16)22(25,26)27/h1-10,12H,11H2. The van der Waals surface area contributed by atoms with Crippen molar-refractivity contribution in [3.63, 3.8) is 0 Å². The van der Waals surface area contributed by atoms with Crippen LogP contribution >= 0.6 is 11.6 Å². The summed E-state index contributed by atoms with van der Waals surface area (Å²) in [5.41, 5.74) is -0.777. The summed E-state index contributed by atoms with van der Waals surface area (Å²) in [7, 11) is -4.32. The first-order chi connectivity index (χ1) is 15.5. The Hall–Kier alpha value is -3.24. The maximum absolute atomic E-state index is 14.0. The van der Waals surface area contributed by atoms with Crippen LogP contribution in [0.4, 0.5) is 17.6 Å². The molecule has 0 saturated heterocycles. The molecule has 0 radical (unpaired) electrons. The third-order valence-corrected chi connectivity index (χ3v) is 6.85. The predicted molar refractivity (Wildman–Crippen MR) is 113 cm³/mol. The third kappa shape index (κ3) is 4.36. The largest absolute Gasteiger partial charge is 0.416 e. The van der Waals surface area contributed by atoms with E-state index in [0.29, 0.717) is 27.2 Å². The van der Waals surface area contributed by atoms with Crippen molar-refractivity contribution < 1.29 is 30.8 Å². The number of carbonyl (C=O) groups excluding carboxylic acids is 1. The highest BCUT2D eigenvalue weighted by Gasteiger charge is 2.31. The van der Waals surface area contributed by atoms with Gasteiger partial charge >= 0.3 is 6.18 Å². The highest BCUT2D eigenvalue weighted by atomic mass is 35.5. The fourth-order valence-corrected chi connectivity index (χ4v) is 4.83. The Morgan fingerprint density at radius 3 is 2.36 bits per heavy atom. The molecule has 170 valence electrons. The summed E-state index contributed by atoms with van der Waals surface area (Å²) in [6.45, 7) is 0. The zero-order valence-electron chi connectivity index (χ0n) is 16.5. The molecule has 0 aliphatic carbocycles. The molecule has 0 amide bonds.